The third kappa shape index (κ3) is 4.62. The molecule has 1 aromatic heterocycles. The van der Waals surface area contributed by atoms with Gasteiger partial charge in [0.25, 0.3) is 0 Å². The van der Waals surface area contributed by atoms with Crippen LogP contribution in [0.2, 0.25) is 0 Å². The van der Waals surface area contributed by atoms with E-state index in [1.165, 1.54) is 33.4 Å². The molecule has 176 valence electrons. The molecule has 0 saturated carbocycles. The molecule has 0 radical (unpaired) electrons. The summed E-state index contributed by atoms with van der Waals surface area (Å²) < 4.78 is 0.981. The highest BCUT2D eigenvalue weighted by Crippen LogP contribution is 2.44. The van der Waals surface area contributed by atoms with Gasteiger partial charge >= 0.3 is 0 Å². The quantitative estimate of drug-likeness (QED) is 0.218. The standard InChI is InChI=1S/C34H23BrN2/c35-33-30(16-8-17-31(33)34-36-22-9-23-37-34)29-15-7-14-28(32(29)27-12-5-2-6-13-27)26-20-18-25(19-21-26)24-10-3-1-4-11-24/h1-23H. The van der Waals surface area contributed by atoms with Crippen LogP contribution < -0.4 is 0 Å². The van der Waals surface area contributed by atoms with Crippen LogP contribution in [0.4, 0.5) is 0 Å². The monoisotopic (exact) mass is 538 g/mol. The Morgan fingerprint density at radius 3 is 1.57 bits per heavy atom. The molecule has 6 aromatic rings. The normalized spacial score (nSPS) is 10.8. The van der Waals surface area contributed by atoms with E-state index in [1.807, 2.05) is 12.1 Å². The second-order valence-electron chi connectivity index (χ2n) is 8.78. The van der Waals surface area contributed by atoms with Crippen molar-refractivity contribution in [2.45, 2.75) is 0 Å². The van der Waals surface area contributed by atoms with E-state index >= 15 is 0 Å². The van der Waals surface area contributed by atoms with Gasteiger partial charge in [-0.1, -0.05) is 121 Å². The molecule has 37 heavy (non-hydrogen) atoms. The number of hydrogen-bond donors (Lipinski definition) is 0. The second kappa shape index (κ2) is 10.3. The van der Waals surface area contributed by atoms with Crippen LogP contribution in [0.1, 0.15) is 0 Å². The molecule has 0 amide bonds. The van der Waals surface area contributed by atoms with Crippen LogP contribution in [0.25, 0.3) is 55.9 Å². The van der Waals surface area contributed by atoms with Gasteiger partial charge in [0.05, 0.1) is 0 Å². The minimum Gasteiger partial charge on any atom is -0.237 e. The molecule has 0 aliphatic rings. The molecule has 0 N–H and O–H groups in total. The van der Waals surface area contributed by atoms with Crippen LogP contribution in [0.3, 0.4) is 0 Å². The number of halogens is 1. The first kappa shape index (κ1) is 23.1. The maximum Gasteiger partial charge on any atom is 0.160 e. The molecule has 0 fully saturated rings. The van der Waals surface area contributed by atoms with E-state index in [4.69, 9.17) is 0 Å². The molecule has 2 nitrogen and oxygen atoms in total. The van der Waals surface area contributed by atoms with Gasteiger partial charge in [-0.25, -0.2) is 9.97 Å². The molecule has 0 spiro atoms. The van der Waals surface area contributed by atoms with Crippen molar-refractivity contribution in [3.8, 4) is 55.9 Å². The van der Waals surface area contributed by atoms with Gasteiger partial charge in [0, 0.05) is 22.4 Å². The lowest BCUT2D eigenvalue weighted by Gasteiger charge is -2.18. The van der Waals surface area contributed by atoms with Gasteiger partial charge in [0.2, 0.25) is 0 Å². The van der Waals surface area contributed by atoms with E-state index in [0.29, 0.717) is 5.82 Å². The summed E-state index contributed by atoms with van der Waals surface area (Å²) >= 11 is 3.90. The summed E-state index contributed by atoms with van der Waals surface area (Å²) in [5.74, 6) is 0.699. The second-order valence-corrected chi connectivity index (χ2v) is 9.57. The van der Waals surface area contributed by atoms with Gasteiger partial charge in [0.15, 0.2) is 5.82 Å². The number of aromatic nitrogens is 2. The van der Waals surface area contributed by atoms with Crippen molar-refractivity contribution < 1.29 is 0 Å². The molecule has 6 rings (SSSR count). The molecule has 0 bridgehead atoms. The lowest BCUT2D eigenvalue weighted by molar-refractivity contribution is 1.17. The van der Waals surface area contributed by atoms with Crippen LogP contribution in [0.15, 0.2) is 144 Å². The summed E-state index contributed by atoms with van der Waals surface area (Å²) in [6.45, 7) is 0. The molecular weight excluding hydrogens is 516 g/mol. The predicted molar refractivity (Wildman–Crippen MR) is 157 cm³/mol. The van der Waals surface area contributed by atoms with Crippen molar-refractivity contribution >= 4 is 15.9 Å². The fourth-order valence-corrected chi connectivity index (χ4v) is 5.41. The average molecular weight is 539 g/mol. The van der Waals surface area contributed by atoms with Gasteiger partial charge in [-0.2, -0.15) is 0 Å². The molecule has 3 heteroatoms. The largest absolute Gasteiger partial charge is 0.237 e. The summed E-state index contributed by atoms with van der Waals surface area (Å²) in [5, 5.41) is 0. The first-order valence-corrected chi connectivity index (χ1v) is 13.0. The molecule has 0 aliphatic carbocycles. The predicted octanol–water partition coefficient (Wildman–Crippen LogP) is 9.57. The van der Waals surface area contributed by atoms with Crippen LogP contribution in [0.5, 0.6) is 0 Å². The SMILES string of the molecule is Brc1c(-c2ncccn2)cccc1-c1cccc(-c2ccc(-c3ccccc3)cc2)c1-c1ccccc1. The van der Waals surface area contributed by atoms with E-state index in [0.717, 1.165) is 21.2 Å². The third-order valence-electron chi connectivity index (χ3n) is 6.53. The van der Waals surface area contributed by atoms with Gasteiger partial charge in [0.1, 0.15) is 0 Å². The van der Waals surface area contributed by atoms with Crippen molar-refractivity contribution in [1.29, 1.82) is 0 Å². The first-order chi connectivity index (χ1) is 18.3. The molecule has 0 aliphatic heterocycles. The zero-order chi connectivity index (χ0) is 25.0. The molecule has 0 unspecified atom stereocenters. The topological polar surface area (TPSA) is 25.8 Å². The Hall–Kier alpha value is -4.34. The highest BCUT2D eigenvalue weighted by atomic mass is 79.9. The van der Waals surface area contributed by atoms with Gasteiger partial charge in [-0.3, -0.25) is 0 Å². The summed E-state index contributed by atoms with van der Waals surface area (Å²) in [4.78, 5) is 8.96. The summed E-state index contributed by atoms with van der Waals surface area (Å²) in [7, 11) is 0. The molecular formula is C34H23BrN2. The van der Waals surface area contributed by atoms with Crippen LogP contribution in [-0.4, -0.2) is 9.97 Å². The van der Waals surface area contributed by atoms with Crippen molar-refractivity contribution in [2.24, 2.45) is 0 Å². The molecule has 5 aromatic carbocycles. The van der Waals surface area contributed by atoms with E-state index in [2.05, 4.69) is 141 Å². The van der Waals surface area contributed by atoms with Crippen LogP contribution >= 0.6 is 15.9 Å². The highest BCUT2D eigenvalue weighted by molar-refractivity contribution is 9.10. The average Bonchev–Trinajstić information content (AvgIpc) is 2.98. The molecule has 0 atom stereocenters. The Morgan fingerprint density at radius 2 is 0.892 bits per heavy atom. The number of nitrogens with zero attached hydrogens (tertiary/aromatic N) is 2. The van der Waals surface area contributed by atoms with E-state index in [-0.39, 0.29) is 0 Å². The number of benzene rings is 5. The maximum atomic E-state index is 4.48. The zero-order valence-corrected chi connectivity index (χ0v) is 21.6. The van der Waals surface area contributed by atoms with Gasteiger partial charge < -0.3 is 0 Å². The summed E-state index contributed by atoms with van der Waals surface area (Å²) in [6, 6.07) is 44.6. The lowest BCUT2D eigenvalue weighted by Crippen LogP contribution is -1.94. The Bertz CT molecular complexity index is 1650. The Balaban J connectivity index is 1.53. The van der Waals surface area contributed by atoms with Crippen LogP contribution in [0, 0.1) is 0 Å². The molecule has 1 heterocycles. The van der Waals surface area contributed by atoms with Crippen molar-refractivity contribution in [1.82, 2.24) is 9.97 Å². The van der Waals surface area contributed by atoms with Gasteiger partial charge in [-0.15, -0.1) is 0 Å². The smallest absolute Gasteiger partial charge is 0.160 e. The maximum absolute atomic E-state index is 4.48. The van der Waals surface area contributed by atoms with Crippen LogP contribution in [-0.2, 0) is 0 Å². The van der Waals surface area contributed by atoms with Crippen molar-refractivity contribution in [3.63, 3.8) is 0 Å². The molecule has 0 saturated heterocycles. The summed E-state index contributed by atoms with van der Waals surface area (Å²) in [6.07, 6.45) is 3.55. The minimum atomic E-state index is 0.699. The third-order valence-corrected chi connectivity index (χ3v) is 7.38. The minimum absolute atomic E-state index is 0.699. The Morgan fingerprint density at radius 1 is 0.378 bits per heavy atom. The number of hydrogen-bond acceptors (Lipinski definition) is 2. The Labute approximate surface area is 225 Å². The van der Waals surface area contributed by atoms with Crippen molar-refractivity contribution in [3.05, 3.63) is 144 Å². The zero-order valence-electron chi connectivity index (χ0n) is 20.1. The fraction of sp³-hybridized carbons (Fsp3) is 0. The first-order valence-electron chi connectivity index (χ1n) is 12.2. The van der Waals surface area contributed by atoms with Gasteiger partial charge in [-0.05, 0) is 66.5 Å². The Kier molecular flexibility index (Phi) is 6.45. The lowest BCUT2D eigenvalue weighted by atomic mass is 9.87. The fourth-order valence-electron chi connectivity index (χ4n) is 4.76. The van der Waals surface area contributed by atoms with E-state index in [9.17, 15) is 0 Å². The van der Waals surface area contributed by atoms with E-state index in [1.54, 1.807) is 12.4 Å². The highest BCUT2D eigenvalue weighted by Gasteiger charge is 2.18. The van der Waals surface area contributed by atoms with E-state index < -0.39 is 0 Å². The van der Waals surface area contributed by atoms with Crippen molar-refractivity contribution in [2.75, 3.05) is 0 Å². The summed E-state index contributed by atoms with van der Waals surface area (Å²) in [5.41, 5.74) is 10.4. The number of rotatable bonds is 5.